The first-order chi connectivity index (χ1) is 13.7. The Hall–Kier alpha value is -2.48. The predicted octanol–water partition coefficient (Wildman–Crippen LogP) is 0.226. The summed E-state index contributed by atoms with van der Waals surface area (Å²) in [6.45, 7) is 2.52. The van der Waals surface area contributed by atoms with E-state index in [2.05, 4.69) is 27.7 Å². The lowest BCUT2D eigenvalue weighted by Gasteiger charge is -2.26. The van der Waals surface area contributed by atoms with Gasteiger partial charge in [0.25, 0.3) is 5.91 Å². The van der Waals surface area contributed by atoms with Gasteiger partial charge in [-0.1, -0.05) is 25.6 Å². The van der Waals surface area contributed by atoms with Gasteiger partial charge in [-0.15, -0.1) is 5.10 Å². The van der Waals surface area contributed by atoms with E-state index in [0.717, 1.165) is 17.5 Å². The lowest BCUT2D eigenvalue weighted by atomic mass is 10.1. The summed E-state index contributed by atoms with van der Waals surface area (Å²) in [4.78, 5) is 12.3. The fourth-order valence-electron chi connectivity index (χ4n) is 2.48. The first-order valence-corrected chi connectivity index (χ1v) is 10.7. The van der Waals surface area contributed by atoms with Crippen molar-refractivity contribution in [1.29, 1.82) is 0 Å². The highest BCUT2D eigenvalue weighted by molar-refractivity contribution is 7.91. The summed E-state index contributed by atoms with van der Waals surface area (Å²) in [6, 6.07) is 5.55. The van der Waals surface area contributed by atoms with Gasteiger partial charge < -0.3 is 9.84 Å². The highest BCUT2D eigenvalue weighted by Crippen LogP contribution is 2.27. The van der Waals surface area contributed by atoms with Gasteiger partial charge >= 0.3 is 0 Å². The third-order valence-corrected chi connectivity index (χ3v) is 5.99. The number of aliphatic hydroxyl groups is 1. The molecular weight excluding hydrogens is 422 g/mol. The van der Waals surface area contributed by atoms with Crippen LogP contribution >= 0.6 is 12.2 Å². The van der Waals surface area contributed by atoms with E-state index in [9.17, 15) is 23.5 Å². The van der Waals surface area contributed by atoms with Crippen LogP contribution in [0.3, 0.4) is 0 Å². The van der Waals surface area contributed by atoms with E-state index in [1.165, 1.54) is 31.3 Å². The van der Waals surface area contributed by atoms with Crippen LogP contribution in [0.25, 0.3) is 0 Å². The Morgan fingerprint density at radius 2 is 2.03 bits per heavy atom. The maximum Gasteiger partial charge on any atom is 0.291 e. The van der Waals surface area contributed by atoms with Crippen LogP contribution in [0.2, 0.25) is 0 Å². The number of sulfone groups is 1. The average molecular weight is 444 g/mol. The van der Waals surface area contributed by atoms with E-state index in [0.29, 0.717) is 17.8 Å². The molecule has 1 aromatic heterocycles. The van der Waals surface area contributed by atoms with Gasteiger partial charge in [0, 0.05) is 7.05 Å². The summed E-state index contributed by atoms with van der Waals surface area (Å²) in [5.41, 5.74) is -2.23. The normalized spacial score (nSPS) is 13.5. The summed E-state index contributed by atoms with van der Waals surface area (Å²) >= 11 is 4.47. The molecule has 1 amide bonds. The van der Waals surface area contributed by atoms with E-state index in [4.69, 9.17) is 4.74 Å². The zero-order chi connectivity index (χ0) is 21.7. The quantitative estimate of drug-likeness (QED) is 0.226. The van der Waals surface area contributed by atoms with Crippen LogP contribution in [0.5, 0.6) is 5.75 Å². The number of unbranched alkanes of at least 4 members (excludes halogenated alkanes) is 1. The molecule has 0 aliphatic rings. The van der Waals surface area contributed by atoms with E-state index >= 15 is 0 Å². The second-order valence-corrected chi connectivity index (χ2v) is 8.37. The molecule has 0 saturated heterocycles. The Bertz CT molecular complexity index is 962. The predicted molar refractivity (Wildman–Crippen MR) is 104 cm³/mol. The fraction of sp³-hybridized carbons (Fsp3) is 0.438. The van der Waals surface area contributed by atoms with Gasteiger partial charge in [0.05, 0.1) is 17.0 Å². The molecule has 1 heterocycles. The highest BCUT2D eigenvalue weighted by Gasteiger charge is 2.49. The van der Waals surface area contributed by atoms with Crippen molar-refractivity contribution in [3.63, 3.8) is 0 Å². The molecule has 0 bridgehead atoms. The lowest BCUT2D eigenvalue weighted by molar-refractivity contribution is -0.168. The highest BCUT2D eigenvalue weighted by atomic mass is 32.2. The van der Waals surface area contributed by atoms with Gasteiger partial charge in [0.2, 0.25) is 5.60 Å². The number of amides is 1. The average Bonchev–Trinajstić information content (AvgIpc) is 3.13. The van der Waals surface area contributed by atoms with Crippen molar-refractivity contribution >= 4 is 33.5 Å². The van der Waals surface area contributed by atoms with Crippen LogP contribution in [0.4, 0.5) is 0 Å². The molecule has 0 radical (unpaired) electrons. The van der Waals surface area contributed by atoms with E-state index in [1.54, 1.807) is 0 Å². The fourth-order valence-corrected chi connectivity index (χ4v) is 4.09. The van der Waals surface area contributed by atoms with Crippen molar-refractivity contribution in [3.05, 3.63) is 30.1 Å². The maximum absolute atomic E-state index is 12.9. The Morgan fingerprint density at radius 1 is 1.38 bits per heavy atom. The number of carbonyl (C=O) groups is 1. The molecule has 1 unspecified atom stereocenters. The third-order valence-electron chi connectivity index (χ3n) is 4.00. The maximum atomic E-state index is 12.9. The molecule has 0 fully saturated rings. The van der Waals surface area contributed by atoms with Gasteiger partial charge in [0.15, 0.2) is 15.7 Å². The topological polar surface area (TPSA) is 148 Å². The van der Waals surface area contributed by atoms with Gasteiger partial charge in [-0.2, -0.15) is 5.06 Å². The summed E-state index contributed by atoms with van der Waals surface area (Å²) in [5, 5.41) is 30.8. The first-order valence-electron chi connectivity index (χ1n) is 8.54. The standard InChI is InChI=1S/C16H21N5O6S2/c1-3-4-9-27-12-5-7-13(8-6-12)29(25,26)10-16(23,15(22)21(24)11-28)14-17-18-19-20(14)2/h5-8,11,23-24H,3-4,9-10H2,1-2H3. The number of carbonyl (C=O) groups excluding carboxylic acids is 1. The molecule has 158 valence electrons. The number of rotatable bonds is 10. The van der Waals surface area contributed by atoms with Crippen molar-refractivity contribution in [3.8, 4) is 5.75 Å². The first kappa shape index (κ1) is 22.8. The smallest absolute Gasteiger partial charge is 0.291 e. The molecular formula is C16H21N5O6S2. The van der Waals surface area contributed by atoms with Gasteiger partial charge in [-0.25, -0.2) is 13.1 Å². The molecule has 2 aromatic rings. The number of aryl methyl sites for hydroxylation is 1. The molecule has 0 aliphatic heterocycles. The Morgan fingerprint density at radius 3 is 2.55 bits per heavy atom. The third kappa shape index (κ3) is 5.12. The van der Waals surface area contributed by atoms with Crippen molar-refractivity contribution in [1.82, 2.24) is 25.3 Å². The van der Waals surface area contributed by atoms with Crippen LogP contribution in [0, 0.1) is 0 Å². The second kappa shape index (κ2) is 9.35. The SMILES string of the molecule is CCCCOc1ccc(S(=O)(=O)CC(O)(C(=O)N(O)C=S)c2nnnn2C)cc1. The van der Waals surface area contributed by atoms with Gasteiger partial charge in [0.1, 0.15) is 11.5 Å². The molecule has 29 heavy (non-hydrogen) atoms. The molecule has 1 aromatic carbocycles. The zero-order valence-electron chi connectivity index (χ0n) is 15.8. The molecule has 13 heteroatoms. The molecule has 1 atom stereocenters. The zero-order valence-corrected chi connectivity index (χ0v) is 17.4. The number of ether oxygens (including phenoxy) is 1. The molecule has 0 saturated carbocycles. The minimum atomic E-state index is -4.21. The van der Waals surface area contributed by atoms with E-state index < -0.39 is 32.9 Å². The summed E-state index contributed by atoms with van der Waals surface area (Å²) < 4.78 is 32.2. The second-order valence-electron chi connectivity index (χ2n) is 6.17. The summed E-state index contributed by atoms with van der Waals surface area (Å²) in [7, 11) is -2.90. The Labute approximate surface area is 172 Å². The number of hydroxylamine groups is 2. The van der Waals surface area contributed by atoms with Crippen LogP contribution in [-0.4, -0.2) is 67.8 Å². The Kier molecular flexibility index (Phi) is 7.35. The van der Waals surface area contributed by atoms with Crippen molar-refractivity contribution in [2.24, 2.45) is 7.05 Å². The van der Waals surface area contributed by atoms with Crippen LogP contribution in [0.15, 0.2) is 29.2 Å². The largest absolute Gasteiger partial charge is 0.494 e. The number of aromatic nitrogens is 4. The molecule has 0 aliphatic carbocycles. The van der Waals surface area contributed by atoms with E-state index in [-0.39, 0.29) is 9.96 Å². The number of nitrogens with zero attached hydrogens (tertiary/aromatic N) is 5. The number of benzene rings is 1. The monoisotopic (exact) mass is 443 g/mol. The van der Waals surface area contributed by atoms with Gasteiger partial charge in [-0.05, 0) is 41.1 Å². The van der Waals surface area contributed by atoms with Crippen LogP contribution in [0.1, 0.15) is 25.6 Å². The summed E-state index contributed by atoms with van der Waals surface area (Å²) in [6.07, 6.45) is 1.82. The number of hydrogen-bond acceptors (Lipinski definition) is 10. The number of hydrogen-bond donors (Lipinski definition) is 2. The van der Waals surface area contributed by atoms with E-state index in [1.807, 2.05) is 6.92 Å². The van der Waals surface area contributed by atoms with Crippen molar-refractivity contribution in [2.75, 3.05) is 12.4 Å². The molecule has 11 nitrogen and oxygen atoms in total. The molecule has 0 spiro atoms. The molecule has 2 rings (SSSR count). The molecule has 2 N–H and O–H groups in total. The van der Waals surface area contributed by atoms with Crippen LogP contribution < -0.4 is 4.74 Å². The minimum Gasteiger partial charge on any atom is -0.494 e. The van der Waals surface area contributed by atoms with Crippen LogP contribution in [-0.2, 0) is 27.3 Å². The number of thiocarbonyl (C=S) groups is 1. The lowest BCUT2D eigenvalue weighted by Crippen LogP contribution is -2.50. The van der Waals surface area contributed by atoms with Crippen molar-refractivity contribution in [2.45, 2.75) is 30.3 Å². The van der Waals surface area contributed by atoms with Crippen molar-refractivity contribution < 1.29 is 28.3 Å². The Balaban J connectivity index is 2.36. The summed E-state index contributed by atoms with van der Waals surface area (Å²) in [5.74, 6) is -2.51. The minimum absolute atomic E-state index is 0.0931. The van der Waals surface area contributed by atoms with Gasteiger partial charge in [-0.3, -0.25) is 10.0 Å². The number of tetrazole rings is 1.